The third-order valence-corrected chi connectivity index (χ3v) is 6.08. The van der Waals surface area contributed by atoms with Crippen LogP contribution in [-0.4, -0.2) is 9.59 Å². The lowest BCUT2D eigenvalue weighted by molar-refractivity contribution is 1.21. The van der Waals surface area contributed by atoms with Crippen LogP contribution in [0, 0.1) is 6.92 Å². The number of rotatable bonds is 0. The van der Waals surface area contributed by atoms with Crippen LogP contribution in [0.4, 0.5) is 0 Å². The molecule has 3 heterocycles. The lowest BCUT2D eigenvalue weighted by Crippen LogP contribution is -1.59. The topological polar surface area (TPSA) is 25.8 Å². The smallest absolute Gasteiger partial charge is 0.141 e. The maximum atomic E-state index is 4.48. The van der Waals surface area contributed by atoms with Crippen molar-refractivity contribution in [2.75, 3.05) is 0 Å². The van der Waals surface area contributed by atoms with Crippen molar-refractivity contribution in [2.45, 2.75) is 11.8 Å². The molecule has 0 aliphatic rings. The van der Waals surface area contributed by atoms with Gasteiger partial charge in [0, 0.05) is 9.77 Å². The van der Waals surface area contributed by atoms with Gasteiger partial charge in [-0.15, -0.1) is 40.4 Å². The standard InChI is InChI=1S/C7H4N2S4/c1-2-3(10)4-5(11-2)6-7(12-4)8-9-13-6/h10H,1H3. The van der Waals surface area contributed by atoms with E-state index in [2.05, 4.69) is 29.1 Å². The summed E-state index contributed by atoms with van der Waals surface area (Å²) in [5, 5.41) is 4.06. The van der Waals surface area contributed by atoms with Gasteiger partial charge >= 0.3 is 0 Å². The minimum atomic E-state index is 1.04. The van der Waals surface area contributed by atoms with Crippen molar-refractivity contribution in [3.63, 3.8) is 0 Å². The van der Waals surface area contributed by atoms with E-state index in [-0.39, 0.29) is 0 Å². The highest BCUT2D eigenvalue weighted by atomic mass is 32.1. The molecule has 3 aromatic heterocycles. The van der Waals surface area contributed by atoms with E-state index in [1.165, 1.54) is 30.5 Å². The molecule has 0 radical (unpaired) electrons. The molecule has 0 spiro atoms. The molecule has 0 saturated carbocycles. The Balaban J connectivity index is 2.63. The van der Waals surface area contributed by atoms with Gasteiger partial charge in [-0.1, -0.05) is 4.49 Å². The fourth-order valence-corrected chi connectivity index (χ4v) is 4.99. The van der Waals surface area contributed by atoms with Crippen molar-refractivity contribution in [3.8, 4) is 0 Å². The highest BCUT2D eigenvalue weighted by Gasteiger charge is 2.14. The van der Waals surface area contributed by atoms with Crippen LogP contribution in [-0.2, 0) is 0 Å². The van der Waals surface area contributed by atoms with Gasteiger partial charge in [0.15, 0.2) is 4.83 Å². The number of fused-ring (bicyclic) bond motifs is 3. The zero-order valence-electron chi connectivity index (χ0n) is 6.57. The molecule has 6 heteroatoms. The van der Waals surface area contributed by atoms with E-state index in [9.17, 15) is 0 Å². The second-order valence-corrected chi connectivity index (χ2v) is 6.10. The third kappa shape index (κ3) is 0.999. The molecular formula is C7H4N2S4. The quantitative estimate of drug-likeness (QED) is 0.612. The van der Waals surface area contributed by atoms with Gasteiger partial charge in [0.25, 0.3) is 0 Å². The molecule has 2 nitrogen and oxygen atoms in total. The zero-order chi connectivity index (χ0) is 9.00. The van der Waals surface area contributed by atoms with Crippen molar-refractivity contribution < 1.29 is 0 Å². The van der Waals surface area contributed by atoms with Crippen molar-refractivity contribution in [2.24, 2.45) is 0 Å². The second-order valence-electron chi connectivity index (χ2n) is 2.67. The summed E-state index contributed by atoms with van der Waals surface area (Å²) >= 11 is 9.42. The molecule has 0 fully saturated rings. The summed E-state index contributed by atoms with van der Waals surface area (Å²) < 4.78 is 7.72. The molecule has 0 aliphatic carbocycles. The van der Waals surface area contributed by atoms with Gasteiger partial charge in [-0.25, -0.2) is 0 Å². The number of hydrogen-bond acceptors (Lipinski definition) is 6. The third-order valence-electron chi connectivity index (χ3n) is 1.87. The van der Waals surface area contributed by atoms with E-state index in [0.717, 1.165) is 9.73 Å². The first-order valence-corrected chi connectivity index (χ1v) is 6.45. The summed E-state index contributed by atoms with van der Waals surface area (Å²) in [5.74, 6) is 0. The van der Waals surface area contributed by atoms with E-state index < -0.39 is 0 Å². The maximum absolute atomic E-state index is 4.48. The number of thiol groups is 1. The molecular weight excluding hydrogens is 240 g/mol. The molecule has 66 valence electrons. The Morgan fingerprint density at radius 1 is 1.15 bits per heavy atom. The largest absolute Gasteiger partial charge is 0.160 e. The van der Waals surface area contributed by atoms with Gasteiger partial charge in [-0.05, 0) is 18.5 Å². The lowest BCUT2D eigenvalue weighted by Gasteiger charge is -1.82. The van der Waals surface area contributed by atoms with E-state index in [0.29, 0.717) is 0 Å². The molecule has 13 heavy (non-hydrogen) atoms. The molecule has 0 aromatic carbocycles. The Morgan fingerprint density at radius 3 is 2.85 bits per heavy atom. The van der Waals surface area contributed by atoms with Crippen LogP contribution < -0.4 is 0 Å². The summed E-state index contributed by atoms with van der Waals surface area (Å²) in [4.78, 5) is 3.43. The first kappa shape index (κ1) is 8.16. The second kappa shape index (κ2) is 2.66. The molecule has 0 bridgehead atoms. The number of nitrogens with zero attached hydrogens (tertiary/aromatic N) is 2. The Hall–Kier alpha value is -0.170. The van der Waals surface area contributed by atoms with E-state index in [1.807, 2.05) is 0 Å². The SMILES string of the molecule is Cc1sc2c(sc3nnsc32)c1S. The fraction of sp³-hybridized carbons (Fsp3) is 0.143. The van der Waals surface area contributed by atoms with Crippen LogP contribution in [0.1, 0.15) is 4.88 Å². The minimum absolute atomic E-state index is 1.04. The summed E-state index contributed by atoms with van der Waals surface area (Å²) in [6, 6.07) is 0. The molecule has 0 unspecified atom stereocenters. The summed E-state index contributed by atoms with van der Waals surface area (Å²) in [6.45, 7) is 2.10. The first-order chi connectivity index (χ1) is 6.27. The molecule has 0 N–H and O–H groups in total. The van der Waals surface area contributed by atoms with Gasteiger partial charge in [-0.3, -0.25) is 0 Å². The Morgan fingerprint density at radius 2 is 2.00 bits per heavy atom. The van der Waals surface area contributed by atoms with Gasteiger partial charge in [0.2, 0.25) is 0 Å². The van der Waals surface area contributed by atoms with Gasteiger partial charge < -0.3 is 0 Å². The summed E-state index contributed by atoms with van der Waals surface area (Å²) in [6.07, 6.45) is 0. The van der Waals surface area contributed by atoms with Gasteiger partial charge in [-0.2, -0.15) is 0 Å². The van der Waals surface area contributed by atoms with Crippen LogP contribution in [0.15, 0.2) is 4.90 Å². The molecule has 0 amide bonds. The summed E-state index contributed by atoms with van der Waals surface area (Å²) in [5.41, 5.74) is 0. The lowest BCUT2D eigenvalue weighted by atomic mass is 10.4. The molecule has 3 aromatic rings. The van der Waals surface area contributed by atoms with Crippen molar-refractivity contribution in [1.29, 1.82) is 0 Å². The highest BCUT2D eigenvalue weighted by molar-refractivity contribution is 7.81. The number of thiophene rings is 2. The maximum Gasteiger partial charge on any atom is 0.160 e. The average molecular weight is 244 g/mol. The van der Waals surface area contributed by atoms with Crippen molar-refractivity contribution >= 4 is 65.8 Å². The Labute approximate surface area is 91.8 Å². The fourth-order valence-electron chi connectivity index (χ4n) is 1.24. The predicted octanol–water partition coefficient (Wildman–Crippen LogP) is 3.56. The Kier molecular flexibility index (Phi) is 1.67. The van der Waals surface area contributed by atoms with E-state index >= 15 is 0 Å². The van der Waals surface area contributed by atoms with Crippen LogP contribution in [0.5, 0.6) is 0 Å². The zero-order valence-corrected chi connectivity index (χ0v) is 9.91. The van der Waals surface area contributed by atoms with Crippen molar-refractivity contribution in [1.82, 2.24) is 9.59 Å². The van der Waals surface area contributed by atoms with E-state index in [4.69, 9.17) is 0 Å². The predicted molar refractivity (Wildman–Crippen MR) is 62.7 cm³/mol. The van der Waals surface area contributed by atoms with Crippen LogP contribution in [0.25, 0.3) is 18.9 Å². The molecule has 0 aliphatic heterocycles. The molecule has 0 atom stereocenters. The Bertz CT molecular complexity index is 588. The molecule has 0 saturated heterocycles. The van der Waals surface area contributed by atoms with Gasteiger partial charge in [0.05, 0.1) is 9.40 Å². The van der Waals surface area contributed by atoms with Crippen molar-refractivity contribution in [3.05, 3.63) is 4.88 Å². The number of aromatic nitrogens is 2. The van der Waals surface area contributed by atoms with Crippen LogP contribution in [0.3, 0.4) is 0 Å². The minimum Gasteiger partial charge on any atom is -0.141 e. The normalized spacial score (nSPS) is 11.8. The molecule has 3 rings (SSSR count). The monoisotopic (exact) mass is 244 g/mol. The van der Waals surface area contributed by atoms with E-state index in [1.54, 1.807) is 22.7 Å². The highest BCUT2D eigenvalue weighted by Crippen LogP contribution is 2.44. The van der Waals surface area contributed by atoms with Gasteiger partial charge in [0.1, 0.15) is 4.70 Å². The van der Waals surface area contributed by atoms with Crippen LogP contribution >= 0.6 is 46.8 Å². The average Bonchev–Trinajstić information content (AvgIpc) is 2.70. The first-order valence-electron chi connectivity index (χ1n) is 3.60. The summed E-state index contributed by atoms with van der Waals surface area (Å²) in [7, 11) is 0. The number of aryl methyl sites for hydroxylation is 1. The van der Waals surface area contributed by atoms with Crippen LogP contribution in [0.2, 0.25) is 0 Å². The number of hydrogen-bond donors (Lipinski definition) is 1.